The van der Waals surface area contributed by atoms with E-state index in [2.05, 4.69) is 34.5 Å². The summed E-state index contributed by atoms with van der Waals surface area (Å²) in [5.41, 5.74) is 1.90. The maximum absolute atomic E-state index is 13.9. The number of rotatable bonds is 4. The first kappa shape index (κ1) is 20.3. The molecule has 2 fully saturated rings. The van der Waals surface area contributed by atoms with Gasteiger partial charge in [-0.05, 0) is 41.8 Å². The van der Waals surface area contributed by atoms with Gasteiger partial charge in [0.2, 0.25) is 5.91 Å². The van der Waals surface area contributed by atoms with Crippen LogP contribution in [-0.4, -0.2) is 36.9 Å². The SMILES string of the molecule is CNC(=O)c1sc2ccccc2c1C1CCN(C(=O)C2(c3ccccc3)CCCC2)C1. The van der Waals surface area contributed by atoms with Gasteiger partial charge in [-0.1, -0.05) is 61.4 Å². The monoisotopic (exact) mass is 432 g/mol. The highest BCUT2D eigenvalue weighted by Crippen LogP contribution is 2.45. The molecule has 4 nitrogen and oxygen atoms in total. The molecule has 31 heavy (non-hydrogen) atoms. The van der Waals surface area contributed by atoms with Crippen LogP contribution in [0.25, 0.3) is 10.1 Å². The Bertz CT molecular complexity index is 1110. The molecule has 2 heterocycles. The minimum Gasteiger partial charge on any atom is -0.354 e. The number of thiophene rings is 1. The Morgan fingerprint density at radius 2 is 1.74 bits per heavy atom. The summed E-state index contributed by atoms with van der Waals surface area (Å²) in [6.45, 7) is 1.45. The molecule has 2 aliphatic rings. The highest BCUT2D eigenvalue weighted by atomic mass is 32.1. The molecule has 5 rings (SSSR count). The quantitative estimate of drug-likeness (QED) is 0.624. The molecule has 2 aromatic carbocycles. The molecule has 1 aliphatic carbocycles. The van der Waals surface area contributed by atoms with Crippen molar-refractivity contribution < 1.29 is 9.59 Å². The van der Waals surface area contributed by atoms with Crippen LogP contribution in [0.1, 0.15) is 58.8 Å². The Hall–Kier alpha value is -2.66. The fraction of sp³-hybridized carbons (Fsp3) is 0.385. The van der Waals surface area contributed by atoms with Crippen LogP contribution in [0.2, 0.25) is 0 Å². The number of nitrogens with one attached hydrogen (secondary N) is 1. The van der Waals surface area contributed by atoms with Gasteiger partial charge in [-0.3, -0.25) is 9.59 Å². The molecule has 1 aromatic heterocycles. The van der Waals surface area contributed by atoms with Crippen molar-refractivity contribution in [3.05, 3.63) is 70.6 Å². The van der Waals surface area contributed by atoms with Gasteiger partial charge in [0.05, 0.1) is 10.3 Å². The van der Waals surface area contributed by atoms with Crippen LogP contribution in [-0.2, 0) is 10.2 Å². The number of carbonyl (C=O) groups excluding carboxylic acids is 2. The molecular formula is C26H28N2O2S. The summed E-state index contributed by atoms with van der Waals surface area (Å²) in [5, 5.41) is 3.96. The Labute approximate surface area is 187 Å². The summed E-state index contributed by atoms with van der Waals surface area (Å²) in [6, 6.07) is 18.6. The zero-order chi connectivity index (χ0) is 21.4. The fourth-order valence-corrected chi connectivity index (χ4v) is 6.83. The van der Waals surface area contributed by atoms with Crippen molar-refractivity contribution in [2.24, 2.45) is 0 Å². The van der Waals surface area contributed by atoms with Gasteiger partial charge in [0.25, 0.3) is 5.91 Å². The zero-order valence-corrected chi connectivity index (χ0v) is 18.7. The number of hydrogen-bond acceptors (Lipinski definition) is 3. The maximum Gasteiger partial charge on any atom is 0.261 e. The lowest BCUT2D eigenvalue weighted by Gasteiger charge is -2.33. The molecule has 2 amide bonds. The standard InChI is InChI=1S/C26H28N2O2S/c1-27-24(29)23-22(20-11-5-6-12-21(20)31-23)18-13-16-28(17-18)25(30)26(14-7-8-15-26)19-9-3-2-4-10-19/h2-6,9-12,18H,7-8,13-17H2,1H3,(H,27,29). The molecular weight excluding hydrogens is 404 g/mol. The summed E-state index contributed by atoms with van der Waals surface area (Å²) in [6.07, 6.45) is 4.98. The van der Waals surface area contributed by atoms with Crippen molar-refractivity contribution in [1.82, 2.24) is 10.2 Å². The Kier molecular flexibility index (Phi) is 5.30. The third kappa shape index (κ3) is 3.35. The third-order valence-corrected chi connectivity index (χ3v) is 8.33. The molecule has 1 saturated heterocycles. The van der Waals surface area contributed by atoms with Gasteiger partial charge < -0.3 is 10.2 Å². The highest BCUT2D eigenvalue weighted by molar-refractivity contribution is 7.21. The van der Waals surface area contributed by atoms with Crippen molar-refractivity contribution in [2.45, 2.75) is 43.4 Å². The molecule has 3 aromatic rings. The first-order valence-corrected chi connectivity index (χ1v) is 12.0. The molecule has 0 radical (unpaired) electrons. The van der Waals surface area contributed by atoms with Gasteiger partial charge in [-0.2, -0.15) is 0 Å². The van der Waals surface area contributed by atoms with E-state index >= 15 is 0 Å². The van der Waals surface area contributed by atoms with E-state index in [1.165, 1.54) is 0 Å². The van der Waals surface area contributed by atoms with Crippen LogP contribution in [0, 0.1) is 0 Å². The number of fused-ring (bicyclic) bond motifs is 1. The van der Waals surface area contributed by atoms with Crippen LogP contribution < -0.4 is 5.32 Å². The molecule has 1 saturated carbocycles. The van der Waals surface area contributed by atoms with E-state index in [9.17, 15) is 9.59 Å². The molecule has 1 N–H and O–H groups in total. The Morgan fingerprint density at radius 1 is 1.03 bits per heavy atom. The maximum atomic E-state index is 13.9. The lowest BCUT2D eigenvalue weighted by molar-refractivity contribution is -0.136. The van der Waals surface area contributed by atoms with Crippen LogP contribution >= 0.6 is 11.3 Å². The second-order valence-electron chi connectivity index (χ2n) is 8.81. The van der Waals surface area contributed by atoms with E-state index in [0.29, 0.717) is 6.54 Å². The van der Waals surface area contributed by atoms with E-state index in [4.69, 9.17) is 0 Å². The van der Waals surface area contributed by atoms with Crippen LogP contribution in [0.5, 0.6) is 0 Å². The number of likely N-dealkylation sites (tertiary alicyclic amines) is 1. The molecule has 1 aliphatic heterocycles. The number of nitrogens with zero attached hydrogens (tertiary/aromatic N) is 1. The number of carbonyl (C=O) groups is 2. The molecule has 1 atom stereocenters. The second kappa shape index (κ2) is 8.12. The smallest absolute Gasteiger partial charge is 0.261 e. The van der Waals surface area contributed by atoms with Gasteiger partial charge in [0.15, 0.2) is 0 Å². The van der Waals surface area contributed by atoms with Crippen molar-refractivity contribution in [3.63, 3.8) is 0 Å². The van der Waals surface area contributed by atoms with Gasteiger partial charge in [0, 0.05) is 30.8 Å². The first-order valence-electron chi connectivity index (χ1n) is 11.2. The van der Waals surface area contributed by atoms with Crippen molar-refractivity contribution in [3.8, 4) is 0 Å². The topological polar surface area (TPSA) is 49.4 Å². The number of hydrogen-bond donors (Lipinski definition) is 1. The van der Waals surface area contributed by atoms with E-state index in [0.717, 1.165) is 64.7 Å². The van der Waals surface area contributed by atoms with Gasteiger partial charge in [-0.25, -0.2) is 0 Å². The lowest BCUT2D eigenvalue weighted by atomic mass is 9.77. The summed E-state index contributed by atoms with van der Waals surface area (Å²) in [4.78, 5) is 29.4. The predicted molar refractivity (Wildman–Crippen MR) is 126 cm³/mol. The van der Waals surface area contributed by atoms with Crippen molar-refractivity contribution in [2.75, 3.05) is 20.1 Å². The van der Waals surface area contributed by atoms with Crippen LogP contribution in [0.15, 0.2) is 54.6 Å². The lowest BCUT2D eigenvalue weighted by Crippen LogP contribution is -2.44. The number of amides is 2. The summed E-state index contributed by atoms with van der Waals surface area (Å²) >= 11 is 1.56. The minimum atomic E-state index is -0.378. The van der Waals surface area contributed by atoms with E-state index in [1.54, 1.807) is 18.4 Å². The summed E-state index contributed by atoms with van der Waals surface area (Å²) in [5.74, 6) is 0.443. The third-order valence-electron chi connectivity index (χ3n) is 7.14. The molecule has 0 spiro atoms. The number of benzene rings is 2. The predicted octanol–water partition coefficient (Wildman–Crippen LogP) is 5.09. The van der Waals surface area contributed by atoms with Gasteiger partial charge in [-0.15, -0.1) is 11.3 Å². The average Bonchev–Trinajstić information content (AvgIpc) is 3.57. The van der Waals surface area contributed by atoms with Gasteiger partial charge in [0.1, 0.15) is 0 Å². The normalized spacial score (nSPS) is 20.3. The van der Waals surface area contributed by atoms with Crippen molar-refractivity contribution in [1.29, 1.82) is 0 Å². The minimum absolute atomic E-state index is 0.0301. The Balaban J connectivity index is 1.47. The van der Waals surface area contributed by atoms with Crippen LogP contribution in [0.3, 0.4) is 0 Å². The fourth-order valence-electron chi connectivity index (χ4n) is 5.60. The molecule has 0 bridgehead atoms. The largest absolute Gasteiger partial charge is 0.354 e. The average molecular weight is 433 g/mol. The molecule has 1 unspecified atom stereocenters. The van der Waals surface area contributed by atoms with E-state index < -0.39 is 0 Å². The second-order valence-corrected chi connectivity index (χ2v) is 9.86. The van der Waals surface area contributed by atoms with E-state index in [-0.39, 0.29) is 23.1 Å². The first-order chi connectivity index (χ1) is 15.1. The molecule has 5 heteroatoms. The Morgan fingerprint density at radius 3 is 2.48 bits per heavy atom. The zero-order valence-electron chi connectivity index (χ0n) is 17.9. The summed E-state index contributed by atoms with van der Waals surface area (Å²) < 4.78 is 1.14. The molecule has 160 valence electrons. The highest BCUT2D eigenvalue weighted by Gasteiger charge is 2.46. The van der Waals surface area contributed by atoms with Gasteiger partial charge >= 0.3 is 0 Å². The summed E-state index contributed by atoms with van der Waals surface area (Å²) in [7, 11) is 1.69. The van der Waals surface area contributed by atoms with Crippen molar-refractivity contribution >= 4 is 33.2 Å². The van der Waals surface area contributed by atoms with Crippen LogP contribution in [0.4, 0.5) is 0 Å². The van der Waals surface area contributed by atoms with E-state index in [1.807, 2.05) is 30.3 Å².